The third-order valence-electron chi connectivity index (χ3n) is 5.47. The SMILES string of the molecule is Cc1ccc(C(c2nnnn2C(C)(C)C)N2CCN(C(=O)c3ccco3)CC2)cc1. The van der Waals surface area contributed by atoms with Gasteiger partial charge in [0.25, 0.3) is 5.91 Å². The number of carbonyl (C=O) groups is 1. The van der Waals surface area contributed by atoms with E-state index in [9.17, 15) is 4.79 Å². The summed E-state index contributed by atoms with van der Waals surface area (Å²) in [5, 5.41) is 12.7. The third-order valence-corrected chi connectivity index (χ3v) is 5.47. The van der Waals surface area contributed by atoms with E-state index in [2.05, 4.69) is 72.4 Å². The van der Waals surface area contributed by atoms with Crippen LogP contribution < -0.4 is 0 Å². The Balaban J connectivity index is 1.61. The molecule has 3 aromatic rings. The van der Waals surface area contributed by atoms with E-state index in [0.717, 1.165) is 24.5 Å². The second-order valence-electron chi connectivity index (χ2n) is 8.74. The van der Waals surface area contributed by atoms with E-state index < -0.39 is 0 Å². The molecule has 1 aromatic carbocycles. The Morgan fingerprint density at radius 2 is 1.77 bits per heavy atom. The average Bonchev–Trinajstić information content (AvgIpc) is 3.42. The number of aryl methyl sites for hydroxylation is 1. The Labute approximate surface area is 176 Å². The number of amides is 1. The maximum Gasteiger partial charge on any atom is 0.289 e. The van der Waals surface area contributed by atoms with Gasteiger partial charge in [-0.15, -0.1) is 5.10 Å². The molecule has 1 unspecified atom stereocenters. The third kappa shape index (κ3) is 4.00. The highest BCUT2D eigenvalue weighted by molar-refractivity contribution is 5.91. The first-order chi connectivity index (χ1) is 14.3. The van der Waals surface area contributed by atoms with Gasteiger partial charge in [-0.3, -0.25) is 9.69 Å². The van der Waals surface area contributed by atoms with Crippen molar-refractivity contribution in [2.24, 2.45) is 0 Å². The Kier molecular flexibility index (Phi) is 5.42. The first kappa shape index (κ1) is 20.3. The maximum atomic E-state index is 12.6. The van der Waals surface area contributed by atoms with Gasteiger partial charge >= 0.3 is 0 Å². The van der Waals surface area contributed by atoms with E-state index in [1.54, 1.807) is 12.1 Å². The quantitative estimate of drug-likeness (QED) is 0.660. The lowest BCUT2D eigenvalue weighted by Crippen LogP contribution is -2.50. The summed E-state index contributed by atoms with van der Waals surface area (Å²) in [6, 6.07) is 11.9. The van der Waals surface area contributed by atoms with Crippen molar-refractivity contribution in [1.82, 2.24) is 30.0 Å². The molecule has 0 bridgehead atoms. The molecule has 0 radical (unpaired) electrons. The minimum absolute atomic E-state index is 0.0638. The molecule has 8 heteroatoms. The van der Waals surface area contributed by atoms with Crippen LogP contribution in [0.1, 0.15) is 54.3 Å². The van der Waals surface area contributed by atoms with Crippen LogP contribution in [0.5, 0.6) is 0 Å². The fourth-order valence-corrected chi connectivity index (χ4v) is 3.85. The molecular formula is C22H28N6O2. The van der Waals surface area contributed by atoms with E-state index in [1.807, 2.05) is 9.58 Å². The Morgan fingerprint density at radius 3 is 2.37 bits per heavy atom. The van der Waals surface area contributed by atoms with Crippen molar-refractivity contribution >= 4 is 5.91 Å². The second kappa shape index (κ2) is 8.02. The van der Waals surface area contributed by atoms with Crippen molar-refractivity contribution in [3.63, 3.8) is 0 Å². The molecule has 0 aliphatic carbocycles. The second-order valence-corrected chi connectivity index (χ2v) is 8.74. The lowest BCUT2D eigenvalue weighted by atomic mass is 10.0. The van der Waals surface area contributed by atoms with Gasteiger partial charge in [-0.2, -0.15) is 0 Å². The van der Waals surface area contributed by atoms with E-state index in [4.69, 9.17) is 4.42 Å². The number of aromatic nitrogens is 4. The summed E-state index contributed by atoms with van der Waals surface area (Å²) < 4.78 is 7.18. The molecule has 1 aliphatic rings. The molecule has 0 saturated carbocycles. The van der Waals surface area contributed by atoms with Crippen LogP contribution >= 0.6 is 0 Å². The number of benzene rings is 1. The first-order valence-corrected chi connectivity index (χ1v) is 10.3. The van der Waals surface area contributed by atoms with Crippen LogP contribution in [-0.2, 0) is 5.54 Å². The predicted molar refractivity (Wildman–Crippen MR) is 112 cm³/mol. The van der Waals surface area contributed by atoms with Gasteiger partial charge in [0.15, 0.2) is 11.6 Å². The molecule has 2 aromatic heterocycles. The summed E-state index contributed by atoms with van der Waals surface area (Å²) in [7, 11) is 0. The van der Waals surface area contributed by atoms with Crippen LogP contribution in [0, 0.1) is 6.92 Å². The maximum absolute atomic E-state index is 12.6. The molecule has 1 saturated heterocycles. The highest BCUT2D eigenvalue weighted by atomic mass is 16.3. The zero-order valence-corrected chi connectivity index (χ0v) is 17.9. The molecule has 30 heavy (non-hydrogen) atoms. The van der Waals surface area contributed by atoms with Gasteiger partial charge in [0, 0.05) is 26.2 Å². The Morgan fingerprint density at radius 1 is 1.07 bits per heavy atom. The lowest BCUT2D eigenvalue weighted by molar-refractivity contribution is 0.0556. The van der Waals surface area contributed by atoms with Crippen LogP contribution in [0.4, 0.5) is 0 Å². The summed E-state index contributed by atoms with van der Waals surface area (Å²) in [5.41, 5.74) is 2.12. The average molecular weight is 409 g/mol. The van der Waals surface area contributed by atoms with Crippen molar-refractivity contribution in [3.05, 3.63) is 65.4 Å². The topological polar surface area (TPSA) is 80.3 Å². The normalized spacial score (nSPS) is 16.6. The van der Waals surface area contributed by atoms with Gasteiger partial charge in [0.05, 0.1) is 17.8 Å². The van der Waals surface area contributed by atoms with Gasteiger partial charge in [-0.05, 0) is 55.8 Å². The van der Waals surface area contributed by atoms with E-state index in [-0.39, 0.29) is 17.5 Å². The summed E-state index contributed by atoms with van der Waals surface area (Å²) in [6.07, 6.45) is 1.53. The molecule has 158 valence electrons. The van der Waals surface area contributed by atoms with Crippen molar-refractivity contribution in [1.29, 1.82) is 0 Å². The molecule has 1 atom stereocenters. The van der Waals surface area contributed by atoms with Crippen LogP contribution in [0.15, 0.2) is 47.1 Å². The zero-order chi connectivity index (χ0) is 21.3. The molecule has 0 spiro atoms. The minimum atomic E-state index is -0.237. The van der Waals surface area contributed by atoms with Gasteiger partial charge in [-0.25, -0.2) is 4.68 Å². The number of piperazine rings is 1. The smallest absolute Gasteiger partial charge is 0.289 e. The zero-order valence-electron chi connectivity index (χ0n) is 17.9. The number of nitrogens with zero attached hydrogens (tertiary/aromatic N) is 6. The molecule has 1 fully saturated rings. The van der Waals surface area contributed by atoms with Crippen molar-refractivity contribution in [2.45, 2.75) is 39.3 Å². The number of rotatable bonds is 4. The van der Waals surface area contributed by atoms with E-state index in [0.29, 0.717) is 18.8 Å². The highest BCUT2D eigenvalue weighted by Crippen LogP contribution is 2.30. The van der Waals surface area contributed by atoms with Crippen molar-refractivity contribution in [2.75, 3.05) is 26.2 Å². The Bertz CT molecular complexity index is 980. The van der Waals surface area contributed by atoms with Crippen LogP contribution in [0.25, 0.3) is 0 Å². The highest BCUT2D eigenvalue weighted by Gasteiger charge is 2.34. The standard InChI is InChI=1S/C22H28N6O2/c1-16-7-9-17(10-8-16)19(20-23-24-25-28(20)22(2,3)4)26-11-13-27(14-12-26)21(29)18-6-5-15-30-18/h5-10,15,19H,11-14H2,1-4H3. The van der Waals surface area contributed by atoms with E-state index in [1.165, 1.54) is 11.8 Å². The lowest BCUT2D eigenvalue weighted by Gasteiger charge is -2.39. The van der Waals surface area contributed by atoms with E-state index >= 15 is 0 Å². The fraction of sp³-hybridized carbons (Fsp3) is 0.455. The van der Waals surface area contributed by atoms with Crippen LogP contribution in [0.2, 0.25) is 0 Å². The Hall–Kier alpha value is -3.00. The van der Waals surface area contributed by atoms with Gasteiger partial charge in [0.1, 0.15) is 0 Å². The molecule has 0 N–H and O–H groups in total. The summed E-state index contributed by atoms with van der Waals surface area (Å²) in [4.78, 5) is 16.8. The summed E-state index contributed by atoms with van der Waals surface area (Å²) in [5.74, 6) is 1.14. The number of furan rings is 1. The number of hydrogen-bond acceptors (Lipinski definition) is 6. The van der Waals surface area contributed by atoms with Crippen LogP contribution in [-0.4, -0.2) is 62.1 Å². The predicted octanol–water partition coefficient (Wildman–Crippen LogP) is 2.88. The number of tetrazole rings is 1. The van der Waals surface area contributed by atoms with Gasteiger partial charge in [0.2, 0.25) is 0 Å². The van der Waals surface area contributed by atoms with Crippen molar-refractivity contribution in [3.8, 4) is 0 Å². The van der Waals surface area contributed by atoms with Crippen LogP contribution in [0.3, 0.4) is 0 Å². The number of carbonyl (C=O) groups excluding carboxylic acids is 1. The molecule has 3 heterocycles. The molecule has 4 rings (SSSR count). The van der Waals surface area contributed by atoms with Gasteiger partial charge in [-0.1, -0.05) is 29.8 Å². The van der Waals surface area contributed by atoms with Crippen molar-refractivity contribution < 1.29 is 9.21 Å². The summed E-state index contributed by atoms with van der Waals surface area (Å²) in [6.45, 7) is 11.1. The monoisotopic (exact) mass is 408 g/mol. The fourth-order valence-electron chi connectivity index (χ4n) is 3.85. The summed E-state index contributed by atoms with van der Waals surface area (Å²) >= 11 is 0. The first-order valence-electron chi connectivity index (χ1n) is 10.3. The van der Waals surface area contributed by atoms with Gasteiger partial charge < -0.3 is 9.32 Å². The largest absolute Gasteiger partial charge is 0.459 e. The molecule has 1 aliphatic heterocycles. The number of hydrogen-bond donors (Lipinski definition) is 0. The molecule has 8 nitrogen and oxygen atoms in total. The molecular weight excluding hydrogens is 380 g/mol. The molecule has 1 amide bonds. The minimum Gasteiger partial charge on any atom is -0.459 e.